The number of aryl methyl sites for hydroxylation is 1. The number of nitrogens with zero attached hydrogens (tertiary/aromatic N) is 3. The van der Waals surface area contributed by atoms with E-state index in [2.05, 4.69) is 5.10 Å². The lowest BCUT2D eigenvalue weighted by Gasteiger charge is -1.93. The Labute approximate surface area is 52.5 Å². The summed E-state index contributed by atoms with van der Waals surface area (Å²) in [6.07, 6.45) is 1.65. The van der Waals surface area contributed by atoms with E-state index in [9.17, 15) is 0 Å². The predicted molar refractivity (Wildman–Crippen MR) is 33.0 cm³/mol. The van der Waals surface area contributed by atoms with E-state index in [0.717, 1.165) is 4.64 Å². The molecule has 0 aliphatic carbocycles. The van der Waals surface area contributed by atoms with E-state index in [1.807, 2.05) is 14.1 Å². The van der Waals surface area contributed by atoms with Gasteiger partial charge in [0.1, 0.15) is 4.64 Å². The van der Waals surface area contributed by atoms with Crippen LogP contribution < -0.4 is 0 Å². The van der Waals surface area contributed by atoms with E-state index in [0.29, 0.717) is 0 Å². The lowest BCUT2D eigenvalue weighted by Crippen LogP contribution is -2.04. The Morgan fingerprint density at radius 1 is 1.62 bits per heavy atom. The lowest BCUT2D eigenvalue weighted by molar-refractivity contribution is 0.523. The molecule has 0 unspecified atom stereocenters. The molecule has 0 amide bonds. The number of hydrogen-bond donors (Lipinski definition) is 0. The second-order valence-corrected chi connectivity index (χ2v) is 2.01. The van der Waals surface area contributed by atoms with Crippen LogP contribution in [-0.4, -0.2) is 14.6 Å². The first-order valence-corrected chi connectivity index (χ1v) is 2.68. The molecule has 3 nitrogen and oxygen atoms in total. The molecule has 0 atom stereocenters. The maximum absolute atomic E-state index is 4.85. The van der Waals surface area contributed by atoms with Crippen LogP contribution in [0.3, 0.4) is 0 Å². The van der Waals surface area contributed by atoms with Crippen LogP contribution in [0.5, 0.6) is 0 Å². The van der Waals surface area contributed by atoms with Gasteiger partial charge in [-0.2, -0.15) is 5.10 Å². The fourth-order valence-electron chi connectivity index (χ4n) is 0.437. The summed E-state index contributed by atoms with van der Waals surface area (Å²) in [7, 11) is 3.71. The first kappa shape index (κ1) is 5.50. The number of hydrogen-bond acceptors (Lipinski definition) is 2. The van der Waals surface area contributed by atoms with Crippen LogP contribution >= 0.6 is 12.2 Å². The first-order chi connectivity index (χ1) is 3.72. The summed E-state index contributed by atoms with van der Waals surface area (Å²) in [4.78, 5) is 1.68. The van der Waals surface area contributed by atoms with E-state index in [1.54, 1.807) is 15.7 Å². The van der Waals surface area contributed by atoms with Gasteiger partial charge < -0.3 is 0 Å². The molecule has 0 aromatic carbocycles. The van der Waals surface area contributed by atoms with E-state index < -0.39 is 0 Å². The number of aromatic nitrogens is 3. The smallest absolute Gasteiger partial charge is 0.141 e. The van der Waals surface area contributed by atoms with Crippen molar-refractivity contribution in [2.24, 2.45) is 14.1 Å². The van der Waals surface area contributed by atoms with Crippen molar-refractivity contribution >= 4 is 12.2 Å². The average molecular weight is 129 g/mol. The maximum atomic E-state index is 4.85. The molecule has 44 valence electrons. The SMILES string of the molecule is Cn1ncc(=S)n1C. The minimum atomic E-state index is 0.757. The van der Waals surface area contributed by atoms with Gasteiger partial charge in [-0.05, 0) is 0 Å². The molecule has 0 radical (unpaired) electrons. The molecule has 1 aromatic rings. The second-order valence-electron chi connectivity index (χ2n) is 1.60. The van der Waals surface area contributed by atoms with Crippen LogP contribution in [0.25, 0.3) is 0 Å². The maximum Gasteiger partial charge on any atom is 0.141 e. The molecule has 1 aromatic heterocycles. The molecule has 8 heavy (non-hydrogen) atoms. The van der Waals surface area contributed by atoms with Crippen molar-refractivity contribution in [2.45, 2.75) is 0 Å². The highest BCUT2D eigenvalue weighted by molar-refractivity contribution is 7.71. The van der Waals surface area contributed by atoms with Crippen molar-refractivity contribution in [3.05, 3.63) is 10.8 Å². The van der Waals surface area contributed by atoms with Crippen molar-refractivity contribution in [1.29, 1.82) is 0 Å². The van der Waals surface area contributed by atoms with Crippen molar-refractivity contribution in [2.75, 3.05) is 0 Å². The number of rotatable bonds is 0. The fourth-order valence-corrected chi connectivity index (χ4v) is 0.602. The zero-order valence-corrected chi connectivity index (χ0v) is 5.64. The van der Waals surface area contributed by atoms with Gasteiger partial charge in [-0.3, -0.25) is 4.68 Å². The van der Waals surface area contributed by atoms with E-state index in [4.69, 9.17) is 12.2 Å². The van der Waals surface area contributed by atoms with Gasteiger partial charge in [-0.15, -0.1) is 0 Å². The van der Waals surface area contributed by atoms with E-state index >= 15 is 0 Å². The Bertz CT molecular complexity index is 234. The van der Waals surface area contributed by atoms with Gasteiger partial charge in [0.05, 0.1) is 6.20 Å². The van der Waals surface area contributed by atoms with Crippen molar-refractivity contribution in [3.63, 3.8) is 0 Å². The van der Waals surface area contributed by atoms with Crippen LogP contribution in [0.15, 0.2) is 6.20 Å². The van der Waals surface area contributed by atoms with Crippen LogP contribution in [-0.2, 0) is 14.1 Å². The Kier molecular flexibility index (Phi) is 1.17. The normalized spacial score (nSPS) is 9.75. The predicted octanol–water partition coefficient (Wildman–Crippen LogP) is 0.488. The molecule has 0 spiro atoms. The standard InChI is InChI=1S/C4H7N3S/c1-6-4(8)3-5-7(6)2/h3H,1-2H3. The summed E-state index contributed by atoms with van der Waals surface area (Å²) in [6, 6.07) is 0. The Morgan fingerprint density at radius 2 is 2.25 bits per heavy atom. The molecule has 0 saturated carbocycles. The largest absolute Gasteiger partial charge is 0.261 e. The fraction of sp³-hybridized carbons (Fsp3) is 0.500. The first-order valence-electron chi connectivity index (χ1n) is 2.27. The Balaban J connectivity index is 3.41. The highest BCUT2D eigenvalue weighted by atomic mass is 32.1. The van der Waals surface area contributed by atoms with Crippen LogP contribution in [0.1, 0.15) is 0 Å². The summed E-state index contributed by atoms with van der Waals surface area (Å²) in [6.45, 7) is 0. The summed E-state index contributed by atoms with van der Waals surface area (Å²) in [5, 5.41) is 3.89. The van der Waals surface area contributed by atoms with Gasteiger partial charge in [0.2, 0.25) is 0 Å². The summed E-state index contributed by atoms with van der Waals surface area (Å²) < 4.78 is 2.54. The van der Waals surface area contributed by atoms with E-state index in [-0.39, 0.29) is 0 Å². The zero-order chi connectivity index (χ0) is 6.15. The second kappa shape index (κ2) is 1.70. The van der Waals surface area contributed by atoms with Gasteiger partial charge >= 0.3 is 0 Å². The van der Waals surface area contributed by atoms with Crippen molar-refractivity contribution < 1.29 is 0 Å². The minimum absolute atomic E-state index is 0.757. The van der Waals surface area contributed by atoms with E-state index in [1.165, 1.54) is 0 Å². The molecule has 1 heterocycles. The highest BCUT2D eigenvalue weighted by Crippen LogP contribution is 1.83. The molecule has 0 N–H and O–H groups in total. The summed E-state index contributed by atoms with van der Waals surface area (Å²) in [5.41, 5.74) is 0. The van der Waals surface area contributed by atoms with Gasteiger partial charge in [-0.1, -0.05) is 12.2 Å². The molecule has 0 saturated heterocycles. The molecule has 4 heteroatoms. The van der Waals surface area contributed by atoms with Crippen molar-refractivity contribution in [3.8, 4) is 0 Å². The van der Waals surface area contributed by atoms with Gasteiger partial charge in [0, 0.05) is 14.1 Å². The van der Waals surface area contributed by atoms with Crippen LogP contribution in [0.2, 0.25) is 0 Å². The van der Waals surface area contributed by atoms with Gasteiger partial charge in [0.15, 0.2) is 0 Å². The molecule has 0 aliphatic rings. The monoisotopic (exact) mass is 129 g/mol. The summed E-state index contributed by atoms with van der Waals surface area (Å²) in [5.74, 6) is 0. The molecular weight excluding hydrogens is 122 g/mol. The Morgan fingerprint density at radius 3 is 2.38 bits per heavy atom. The van der Waals surface area contributed by atoms with Gasteiger partial charge in [-0.25, -0.2) is 4.80 Å². The topological polar surface area (TPSA) is 22.8 Å². The minimum Gasteiger partial charge on any atom is -0.261 e. The lowest BCUT2D eigenvalue weighted by atomic mass is 10.9. The molecule has 1 rings (SSSR count). The molecule has 0 aliphatic heterocycles. The highest BCUT2D eigenvalue weighted by Gasteiger charge is 1.86. The Hall–Kier alpha value is -0.640. The molecule has 0 bridgehead atoms. The third kappa shape index (κ3) is 0.667. The van der Waals surface area contributed by atoms with Crippen LogP contribution in [0, 0.1) is 4.64 Å². The average Bonchev–Trinajstić information content (AvgIpc) is 1.98. The quantitative estimate of drug-likeness (QED) is 0.476. The van der Waals surface area contributed by atoms with Crippen LogP contribution in [0.4, 0.5) is 0 Å². The molecule has 0 fully saturated rings. The third-order valence-corrected chi connectivity index (χ3v) is 1.46. The molecular formula is C4H7N3S. The third-order valence-electron chi connectivity index (χ3n) is 1.09. The van der Waals surface area contributed by atoms with Crippen molar-refractivity contribution in [1.82, 2.24) is 14.6 Å². The summed E-state index contributed by atoms with van der Waals surface area (Å²) >= 11 is 4.85. The zero-order valence-electron chi connectivity index (χ0n) is 4.83. The van der Waals surface area contributed by atoms with Gasteiger partial charge in [0.25, 0.3) is 0 Å².